The van der Waals surface area contributed by atoms with Gasteiger partial charge in [-0.3, -0.25) is 4.79 Å². The van der Waals surface area contributed by atoms with Gasteiger partial charge in [0.05, 0.1) is 44.9 Å². The van der Waals surface area contributed by atoms with Crippen LogP contribution in [-0.4, -0.2) is 53.2 Å². The van der Waals surface area contributed by atoms with E-state index < -0.39 is 0 Å². The highest BCUT2D eigenvalue weighted by Crippen LogP contribution is 2.42. The summed E-state index contributed by atoms with van der Waals surface area (Å²) in [7, 11) is 4.86. The van der Waals surface area contributed by atoms with Gasteiger partial charge in [-0.1, -0.05) is 18.7 Å². The lowest BCUT2D eigenvalue weighted by Crippen LogP contribution is -2.28. The van der Waals surface area contributed by atoms with Gasteiger partial charge in [0, 0.05) is 30.5 Å². The van der Waals surface area contributed by atoms with Crippen LogP contribution in [0, 0.1) is 5.92 Å². The third kappa shape index (κ3) is 5.08. The minimum Gasteiger partial charge on any atom is -0.497 e. The number of pyridine rings is 1. The Morgan fingerprint density at radius 3 is 2.44 bits per heavy atom. The highest BCUT2D eigenvalue weighted by atomic mass is 16.5. The average Bonchev–Trinajstić information content (AvgIpc) is 3.63. The van der Waals surface area contributed by atoms with Crippen molar-refractivity contribution in [3.8, 4) is 34.4 Å². The summed E-state index contributed by atoms with van der Waals surface area (Å²) in [5.74, 6) is 2.90. The summed E-state index contributed by atoms with van der Waals surface area (Å²) in [6.45, 7) is 6.82. The van der Waals surface area contributed by atoms with Gasteiger partial charge in [0.2, 0.25) is 11.8 Å². The summed E-state index contributed by atoms with van der Waals surface area (Å²) >= 11 is 0. The maximum Gasteiger partial charge on any atom is 0.246 e. The molecular weight excluding hydrogens is 520 g/mol. The number of carbonyl (C=O) groups excluding carboxylic acids is 1. The zero-order chi connectivity index (χ0) is 28.7. The lowest BCUT2D eigenvalue weighted by molar-refractivity contribution is -0.129. The van der Waals surface area contributed by atoms with E-state index in [1.807, 2.05) is 66.7 Å². The Morgan fingerprint density at radius 1 is 1.00 bits per heavy atom. The number of methoxy groups -OCH3 is 3. The molecule has 1 saturated carbocycles. The van der Waals surface area contributed by atoms with Gasteiger partial charge in [-0.2, -0.15) is 0 Å². The van der Waals surface area contributed by atoms with E-state index in [9.17, 15) is 4.79 Å². The third-order valence-corrected chi connectivity index (χ3v) is 8.05. The van der Waals surface area contributed by atoms with Gasteiger partial charge in [0.15, 0.2) is 11.5 Å². The first-order valence-electron chi connectivity index (χ1n) is 13.8. The highest BCUT2D eigenvalue weighted by Gasteiger charge is 2.36. The van der Waals surface area contributed by atoms with Crippen molar-refractivity contribution < 1.29 is 23.7 Å². The van der Waals surface area contributed by atoms with Crippen molar-refractivity contribution in [2.75, 3.05) is 27.9 Å². The number of likely N-dealkylation sites (tertiary alicyclic amines) is 1. The van der Waals surface area contributed by atoms with Crippen LogP contribution in [-0.2, 0) is 4.79 Å². The minimum absolute atomic E-state index is 0.0725. The summed E-state index contributed by atoms with van der Waals surface area (Å²) in [5.41, 5.74) is 4.21. The fourth-order valence-corrected chi connectivity index (χ4v) is 5.46. The molecule has 0 unspecified atom stereocenters. The third-order valence-electron chi connectivity index (χ3n) is 8.05. The number of fused-ring (bicyclic) bond motifs is 1. The standard InChI is InChI=1S/C32H34N4O5/c1-19(21-6-11-25(38-3)12-7-21)35-17-23(15-30(35)37)20(2)41-32-31-27(33-18-36(31)24-9-10-24)16-26(34-32)22-8-13-28(39-4)29(14-22)40-5/h6-8,11-14,16,18-19,23-24H,2,9-10,15,17H2,1,3-5H3/t19-,23-/m1/s1. The fraction of sp³-hybridized carbons (Fsp3) is 0.344. The number of nitrogens with zero attached hydrogens (tertiary/aromatic N) is 4. The summed E-state index contributed by atoms with van der Waals surface area (Å²) in [6, 6.07) is 15.8. The van der Waals surface area contributed by atoms with Crippen molar-refractivity contribution >= 4 is 16.9 Å². The first kappa shape index (κ1) is 26.7. The molecule has 3 heterocycles. The Kier molecular flexibility index (Phi) is 7.03. The Balaban J connectivity index is 1.28. The van der Waals surface area contributed by atoms with Crippen LogP contribution < -0.4 is 18.9 Å². The quantitative estimate of drug-likeness (QED) is 0.224. The molecule has 1 amide bonds. The number of aromatic nitrogens is 3. The van der Waals surface area contributed by atoms with Crippen molar-refractivity contribution in [2.24, 2.45) is 5.92 Å². The molecule has 0 N–H and O–H groups in total. The van der Waals surface area contributed by atoms with E-state index in [1.165, 1.54) is 0 Å². The number of hydrogen-bond donors (Lipinski definition) is 0. The van der Waals surface area contributed by atoms with E-state index in [0.29, 0.717) is 47.8 Å². The normalized spacial score (nSPS) is 17.5. The second-order valence-corrected chi connectivity index (χ2v) is 10.6. The molecule has 1 saturated heterocycles. The number of rotatable bonds is 10. The number of ether oxygens (including phenoxy) is 4. The maximum absolute atomic E-state index is 13.1. The molecule has 2 fully saturated rings. The fourth-order valence-electron chi connectivity index (χ4n) is 5.46. The van der Waals surface area contributed by atoms with Gasteiger partial charge >= 0.3 is 0 Å². The van der Waals surface area contributed by atoms with Crippen molar-refractivity contribution in [1.82, 2.24) is 19.4 Å². The predicted octanol–water partition coefficient (Wildman–Crippen LogP) is 5.96. The number of hydrogen-bond acceptors (Lipinski definition) is 7. The van der Waals surface area contributed by atoms with E-state index in [-0.39, 0.29) is 17.9 Å². The molecule has 9 nitrogen and oxygen atoms in total. The highest BCUT2D eigenvalue weighted by molar-refractivity contribution is 5.85. The summed E-state index contributed by atoms with van der Waals surface area (Å²) in [6.07, 6.45) is 4.38. The van der Waals surface area contributed by atoms with Crippen LogP contribution >= 0.6 is 0 Å². The van der Waals surface area contributed by atoms with Crippen molar-refractivity contribution in [3.05, 3.63) is 72.8 Å². The number of amides is 1. The first-order valence-corrected chi connectivity index (χ1v) is 13.8. The zero-order valence-electron chi connectivity index (χ0n) is 23.8. The summed E-state index contributed by atoms with van der Waals surface area (Å²) in [5, 5.41) is 0. The monoisotopic (exact) mass is 554 g/mol. The lowest BCUT2D eigenvalue weighted by atomic mass is 10.1. The molecule has 212 valence electrons. The van der Waals surface area contributed by atoms with Crippen LogP contribution in [0.4, 0.5) is 0 Å². The molecule has 0 bridgehead atoms. The molecule has 4 aromatic rings. The molecule has 1 aliphatic heterocycles. The molecule has 9 heteroatoms. The molecule has 1 aliphatic carbocycles. The molecule has 6 rings (SSSR count). The summed E-state index contributed by atoms with van der Waals surface area (Å²) < 4.78 is 24.8. The van der Waals surface area contributed by atoms with Gasteiger partial charge < -0.3 is 28.4 Å². The number of benzene rings is 2. The lowest BCUT2D eigenvalue weighted by Gasteiger charge is -2.25. The summed E-state index contributed by atoms with van der Waals surface area (Å²) in [4.78, 5) is 24.6. The Bertz CT molecular complexity index is 1610. The van der Waals surface area contributed by atoms with E-state index in [4.69, 9.17) is 23.9 Å². The topological polar surface area (TPSA) is 87.9 Å². The minimum atomic E-state index is -0.165. The van der Waals surface area contributed by atoms with Crippen molar-refractivity contribution in [3.63, 3.8) is 0 Å². The Labute approximate surface area is 239 Å². The Hall–Kier alpha value is -4.53. The Morgan fingerprint density at radius 2 is 1.76 bits per heavy atom. The van der Waals surface area contributed by atoms with Gasteiger partial charge in [0.25, 0.3) is 0 Å². The second-order valence-electron chi connectivity index (χ2n) is 10.6. The van der Waals surface area contributed by atoms with Crippen LogP contribution in [0.3, 0.4) is 0 Å². The number of carbonyl (C=O) groups is 1. The van der Waals surface area contributed by atoms with Gasteiger partial charge in [-0.15, -0.1) is 0 Å². The average molecular weight is 555 g/mol. The predicted molar refractivity (Wildman–Crippen MR) is 155 cm³/mol. The molecule has 2 aromatic heterocycles. The van der Waals surface area contributed by atoms with Gasteiger partial charge in [-0.25, -0.2) is 9.97 Å². The molecular formula is C32H34N4O5. The van der Waals surface area contributed by atoms with E-state index >= 15 is 0 Å². The van der Waals surface area contributed by atoms with Crippen LogP contribution in [0.15, 0.2) is 67.2 Å². The molecule has 2 aliphatic rings. The van der Waals surface area contributed by atoms with Crippen LogP contribution in [0.5, 0.6) is 23.1 Å². The van der Waals surface area contributed by atoms with E-state index in [2.05, 4.69) is 16.1 Å². The van der Waals surface area contributed by atoms with E-state index in [1.54, 1.807) is 21.3 Å². The smallest absolute Gasteiger partial charge is 0.246 e. The van der Waals surface area contributed by atoms with Crippen LogP contribution in [0.25, 0.3) is 22.3 Å². The molecule has 41 heavy (non-hydrogen) atoms. The SMILES string of the molecule is C=C(Oc1nc(-c2ccc(OC)c(OC)c2)cc2ncn(C3CC3)c12)[C@@H]1CC(=O)N([C@H](C)c2ccc(OC)cc2)C1. The largest absolute Gasteiger partial charge is 0.497 e. The zero-order valence-corrected chi connectivity index (χ0v) is 23.8. The van der Waals surface area contributed by atoms with Crippen molar-refractivity contribution in [2.45, 2.75) is 38.3 Å². The van der Waals surface area contributed by atoms with E-state index in [0.717, 1.165) is 40.8 Å². The molecule has 0 spiro atoms. The molecule has 2 aromatic carbocycles. The molecule has 2 atom stereocenters. The number of imidazole rings is 1. The van der Waals surface area contributed by atoms with Crippen molar-refractivity contribution in [1.29, 1.82) is 0 Å². The van der Waals surface area contributed by atoms with Gasteiger partial charge in [-0.05, 0) is 61.7 Å². The maximum atomic E-state index is 13.1. The van der Waals surface area contributed by atoms with Gasteiger partial charge in [0.1, 0.15) is 17.0 Å². The second kappa shape index (κ2) is 10.8. The van der Waals surface area contributed by atoms with Crippen LogP contribution in [0.1, 0.15) is 43.8 Å². The molecule has 0 radical (unpaired) electrons. The van der Waals surface area contributed by atoms with Crippen LogP contribution in [0.2, 0.25) is 0 Å². The first-order chi connectivity index (χ1) is 19.9.